The average Bonchev–Trinajstić information content (AvgIpc) is 2.65. The van der Waals surface area contributed by atoms with Gasteiger partial charge in [-0.15, -0.1) is 0 Å². The number of carbonyl (C=O) groups is 2. The zero-order chi connectivity index (χ0) is 15.6. The van der Waals surface area contributed by atoms with Crippen molar-refractivity contribution < 1.29 is 14.3 Å². The van der Waals surface area contributed by atoms with E-state index in [0.29, 0.717) is 10.8 Å². The number of carbonyl (C=O) groups excluding carboxylic acids is 2. The van der Waals surface area contributed by atoms with Crippen LogP contribution in [-0.4, -0.2) is 29.9 Å². The molecule has 2 amide bonds. The highest BCUT2D eigenvalue weighted by atomic mass is 35.5. The Kier molecular flexibility index (Phi) is 4.57. The molecule has 21 heavy (non-hydrogen) atoms. The molecule has 1 atom stereocenters. The van der Waals surface area contributed by atoms with Gasteiger partial charge in [-0.05, 0) is 37.1 Å². The first-order chi connectivity index (χ1) is 9.84. The van der Waals surface area contributed by atoms with Crippen LogP contribution in [0.5, 0.6) is 5.75 Å². The van der Waals surface area contributed by atoms with E-state index in [1.807, 2.05) is 20.8 Å². The van der Waals surface area contributed by atoms with Crippen LogP contribution in [0.4, 0.5) is 0 Å². The Balaban J connectivity index is 1.93. The Morgan fingerprint density at radius 2 is 1.90 bits per heavy atom. The zero-order valence-electron chi connectivity index (χ0n) is 12.6. The molecule has 2 rings (SSSR count). The molecule has 1 unspecified atom stereocenters. The first kappa shape index (κ1) is 15.8. The zero-order valence-corrected chi connectivity index (χ0v) is 13.3. The fourth-order valence-corrected chi connectivity index (χ4v) is 2.50. The Labute approximate surface area is 130 Å². The van der Waals surface area contributed by atoms with Gasteiger partial charge in [-0.1, -0.05) is 25.4 Å². The van der Waals surface area contributed by atoms with Gasteiger partial charge in [0, 0.05) is 11.4 Å². The third kappa shape index (κ3) is 3.21. The fraction of sp³-hybridized carbons (Fsp3) is 0.500. The van der Waals surface area contributed by atoms with Crippen LogP contribution in [-0.2, 0) is 9.59 Å². The highest BCUT2D eigenvalue weighted by molar-refractivity contribution is 6.30. The molecule has 0 spiro atoms. The average molecular weight is 310 g/mol. The molecule has 1 aliphatic rings. The lowest BCUT2D eigenvalue weighted by molar-refractivity contribution is -0.142. The molecular formula is C16H20ClNO3. The third-order valence-corrected chi connectivity index (χ3v) is 4.48. The van der Waals surface area contributed by atoms with Crippen molar-refractivity contribution in [3.05, 3.63) is 29.3 Å². The number of likely N-dealkylation sites (tertiary alicyclic amines) is 1. The molecule has 0 bridgehead atoms. The molecule has 1 aliphatic heterocycles. The van der Waals surface area contributed by atoms with E-state index >= 15 is 0 Å². The first-order valence-corrected chi connectivity index (χ1v) is 7.45. The predicted molar refractivity (Wildman–Crippen MR) is 81.2 cm³/mol. The summed E-state index contributed by atoms with van der Waals surface area (Å²) in [5, 5.41) is 0.639. The summed E-state index contributed by atoms with van der Waals surface area (Å²) in [5.41, 5.74) is -0.586. The van der Waals surface area contributed by atoms with Crippen molar-refractivity contribution in [2.24, 2.45) is 11.3 Å². The van der Waals surface area contributed by atoms with Crippen LogP contribution in [0.25, 0.3) is 0 Å². The normalized spacial score (nSPS) is 22.2. The fourth-order valence-electron chi connectivity index (χ4n) is 2.37. The van der Waals surface area contributed by atoms with Crippen molar-refractivity contribution in [3.63, 3.8) is 0 Å². The summed E-state index contributed by atoms with van der Waals surface area (Å²) in [7, 11) is 0. The van der Waals surface area contributed by atoms with Crippen molar-refractivity contribution in [1.82, 2.24) is 4.90 Å². The summed E-state index contributed by atoms with van der Waals surface area (Å²) < 4.78 is 5.54. The van der Waals surface area contributed by atoms with Crippen molar-refractivity contribution in [3.8, 4) is 5.75 Å². The molecule has 0 aliphatic carbocycles. The van der Waals surface area contributed by atoms with E-state index in [4.69, 9.17) is 16.3 Å². The Morgan fingerprint density at radius 3 is 2.43 bits per heavy atom. The number of rotatable bonds is 5. The number of halogens is 1. The van der Waals surface area contributed by atoms with Crippen LogP contribution in [0.3, 0.4) is 0 Å². The van der Waals surface area contributed by atoms with Crippen molar-refractivity contribution in [2.75, 3.05) is 13.2 Å². The molecule has 0 saturated carbocycles. The third-order valence-electron chi connectivity index (χ3n) is 4.22. The smallest absolute Gasteiger partial charge is 0.236 e. The van der Waals surface area contributed by atoms with Crippen molar-refractivity contribution in [2.45, 2.75) is 27.2 Å². The van der Waals surface area contributed by atoms with Crippen molar-refractivity contribution in [1.29, 1.82) is 0 Å². The summed E-state index contributed by atoms with van der Waals surface area (Å²) in [4.78, 5) is 25.7. The van der Waals surface area contributed by atoms with E-state index in [9.17, 15) is 9.59 Å². The van der Waals surface area contributed by atoms with Gasteiger partial charge in [0.25, 0.3) is 0 Å². The van der Waals surface area contributed by atoms with Crippen molar-refractivity contribution >= 4 is 23.4 Å². The summed E-state index contributed by atoms with van der Waals surface area (Å²) in [5.74, 6) is 0.597. The van der Waals surface area contributed by atoms with Gasteiger partial charge in [0.2, 0.25) is 11.8 Å². The van der Waals surface area contributed by atoms with E-state index in [0.717, 1.165) is 0 Å². The van der Waals surface area contributed by atoms with Crippen LogP contribution in [0, 0.1) is 11.3 Å². The molecular weight excluding hydrogens is 290 g/mol. The van der Waals surface area contributed by atoms with E-state index in [1.165, 1.54) is 4.90 Å². The molecule has 1 saturated heterocycles. The van der Waals surface area contributed by atoms with Gasteiger partial charge in [-0.25, -0.2) is 0 Å². The second kappa shape index (κ2) is 6.06. The molecule has 0 radical (unpaired) electrons. The lowest BCUT2D eigenvalue weighted by Crippen LogP contribution is -2.38. The molecule has 1 aromatic rings. The number of ether oxygens (including phenoxy) is 1. The van der Waals surface area contributed by atoms with E-state index in [2.05, 4.69) is 0 Å². The molecule has 1 fully saturated rings. The van der Waals surface area contributed by atoms with Crippen LogP contribution in [0.1, 0.15) is 27.2 Å². The van der Waals surface area contributed by atoms with E-state index in [1.54, 1.807) is 24.3 Å². The summed E-state index contributed by atoms with van der Waals surface area (Å²) >= 11 is 5.80. The van der Waals surface area contributed by atoms with Gasteiger partial charge in [-0.2, -0.15) is 0 Å². The molecule has 5 heteroatoms. The van der Waals surface area contributed by atoms with Gasteiger partial charge in [0.05, 0.1) is 12.0 Å². The SMILES string of the molecule is CC(C)C1(C)CC(=O)N(CCOc2ccc(Cl)cc2)C1=O. The number of nitrogens with zero attached hydrogens (tertiary/aromatic N) is 1. The monoisotopic (exact) mass is 309 g/mol. The largest absolute Gasteiger partial charge is 0.492 e. The standard InChI is InChI=1S/C16H20ClNO3/c1-11(2)16(3)10-14(19)18(15(16)20)8-9-21-13-6-4-12(17)5-7-13/h4-7,11H,8-10H2,1-3H3. The van der Waals surface area contributed by atoms with Crippen LogP contribution in [0.15, 0.2) is 24.3 Å². The van der Waals surface area contributed by atoms with E-state index in [-0.39, 0.29) is 37.3 Å². The Morgan fingerprint density at radius 1 is 1.29 bits per heavy atom. The van der Waals surface area contributed by atoms with Gasteiger partial charge in [0.15, 0.2) is 0 Å². The molecule has 0 N–H and O–H groups in total. The number of benzene rings is 1. The van der Waals surface area contributed by atoms with Gasteiger partial charge >= 0.3 is 0 Å². The van der Waals surface area contributed by atoms with Crippen LogP contribution < -0.4 is 4.74 Å². The molecule has 4 nitrogen and oxygen atoms in total. The Bertz CT molecular complexity index is 541. The second-order valence-electron chi connectivity index (χ2n) is 5.90. The number of hydrogen-bond donors (Lipinski definition) is 0. The predicted octanol–water partition coefficient (Wildman–Crippen LogP) is 3.14. The van der Waals surface area contributed by atoms with Crippen LogP contribution >= 0.6 is 11.6 Å². The summed E-state index contributed by atoms with van der Waals surface area (Å²) in [6, 6.07) is 6.99. The van der Waals surface area contributed by atoms with Gasteiger partial charge in [0.1, 0.15) is 12.4 Å². The number of imide groups is 1. The summed E-state index contributed by atoms with van der Waals surface area (Å²) in [6.07, 6.45) is 0.282. The molecule has 1 aromatic carbocycles. The minimum absolute atomic E-state index is 0.0952. The topological polar surface area (TPSA) is 46.6 Å². The molecule has 114 valence electrons. The maximum atomic E-state index is 12.4. The lowest BCUT2D eigenvalue weighted by Gasteiger charge is -2.26. The van der Waals surface area contributed by atoms with E-state index < -0.39 is 5.41 Å². The highest BCUT2D eigenvalue weighted by Crippen LogP contribution is 2.39. The lowest BCUT2D eigenvalue weighted by atomic mass is 9.78. The maximum Gasteiger partial charge on any atom is 0.236 e. The number of hydrogen-bond acceptors (Lipinski definition) is 3. The van der Waals surface area contributed by atoms with Crippen LogP contribution in [0.2, 0.25) is 5.02 Å². The Hall–Kier alpha value is -1.55. The van der Waals surface area contributed by atoms with Gasteiger partial charge in [-0.3, -0.25) is 14.5 Å². The summed E-state index contributed by atoms with van der Waals surface area (Å²) in [6.45, 7) is 6.37. The minimum Gasteiger partial charge on any atom is -0.492 e. The highest BCUT2D eigenvalue weighted by Gasteiger charge is 2.49. The first-order valence-electron chi connectivity index (χ1n) is 7.08. The molecule has 1 heterocycles. The molecule has 0 aromatic heterocycles. The maximum absolute atomic E-state index is 12.4. The minimum atomic E-state index is -0.586. The second-order valence-corrected chi connectivity index (χ2v) is 6.34. The number of amides is 2. The quantitative estimate of drug-likeness (QED) is 0.785. The van der Waals surface area contributed by atoms with Gasteiger partial charge < -0.3 is 4.74 Å².